The lowest BCUT2D eigenvalue weighted by Crippen LogP contribution is -2.73. The molecule has 0 aliphatic carbocycles. The quantitative estimate of drug-likeness (QED) is 0.156. The Morgan fingerprint density at radius 3 is 1.48 bits per heavy atom. The largest absolute Gasteiger partial charge is 0.433 e. The van der Waals surface area contributed by atoms with Gasteiger partial charge in [-0.05, 0) is 0 Å². The zero-order valence-electron chi connectivity index (χ0n) is 15.2. The SMILES string of the molecule is C=CC(=O)OC(O)CCC(F)(F)C(F)(F)C(F)(F)C(F)(F)C(F)(F)C(F)(F)C(F)(F)C(F)F. The van der Waals surface area contributed by atoms with Crippen molar-refractivity contribution in [1.82, 2.24) is 0 Å². The molecule has 0 bridgehead atoms. The summed E-state index contributed by atoms with van der Waals surface area (Å²) < 4.78 is 213. The van der Waals surface area contributed by atoms with Crippen molar-refractivity contribution in [1.29, 1.82) is 0 Å². The molecule has 1 N–H and O–H groups in total. The van der Waals surface area contributed by atoms with E-state index >= 15 is 0 Å². The summed E-state index contributed by atoms with van der Waals surface area (Å²) >= 11 is 0. The van der Waals surface area contributed by atoms with Crippen molar-refractivity contribution < 1.29 is 84.9 Å². The van der Waals surface area contributed by atoms with Gasteiger partial charge in [-0.1, -0.05) is 6.58 Å². The summed E-state index contributed by atoms with van der Waals surface area (Å²) in [6.07, 6.45) is -13.3. The number of rotatable bonds is 12. The summed E-state index contributed by atoms with van der Waals surface area (Å²) in [5.41, 5.74) is 0. The van der Waals surface area contributed by atoms with Gasteiger partial charge in [-0.2, -0.15) is 61.5 Å². The molecule has 0 fully saturated rings. The molecule has 1 atom stereocenters. The lowest BCUT2D eigenvalue weighted by atomic mass is 9.88. The minimum absolute atomic E-state index is 0.266. The van der Waals surface area contributed by atoms with E-state index in [0.29, 0.717) is 0 Å². The average Bonchev–Trinajstić information content (AvgIpc) is 2.65. The van der Waals surface area contributed by atoms with Crippen LogP contribution in [0.3, 0.4) is 0 Å². The van der Waals surface area contributed by atoms with Crippen LogP contribution in [0, 0.1) is 0 Å². The van der Waals surface area contributed by atoms with Gasteiger partial charge < -0.3 is 9.84 Å². The van der Waals surface area contributed by atoms with Crippen molar-refractivity contribution in [3.8, 4) is 0 Å². The van der Waals surface area contributed by atoms with Gasteiger partial charge in [-0.3, -0.25) is 0 Å². The topological polar surface area (TPSA) is 46.5 Å². The second kappa shape index (κ2) is 9.01. The number of hydrogen-bond donors (Lipinski definition) is 1. The van der Waals surface area contributed by atoms with Crippen molar-refractivity contribution in [2.75, 3.05) is 0 Å². The van der Waals surface area contributed by atoms with E-state index < -0.39 is 73.0 Å². The number of aliphatic hydroxyl groups excluding tert-OH is 1. The maximum absolute atomic E-state index is 13.5. The Morgan fingerprint density at radius 1 is 0.758 bits per heavy atom. The summed E-state index contributed by atoms with van der Waals surface area (Å²) in [7, 11) is 0. The zero-order valence-corrected chi connectivity index (χ0v) is 15.2. The highest BCUT2D eigenvalue weighted by Gasteiger charge is 2.93. The number of carbonyl (C=O) groups excluding carboxylic acids is 1. The number of aliphatic hydroxyl groups is 1. The van der Waals surface area contributed by atoms with Gasteiger partial charge in [0.25, 0.3) is 0 Å². The van der Waals surface area contributed by atoms with Crippen LogP contribution in [0.2, 0.25) is 0 Å². The van der Waals surface area contributed by atoms with E-state index in [2.05, 4.69) is 11.3 Å². The van der Waals surface area contributed by atoms with Crippen LogP contribution >= 0.6 is 0 Å². The molecule has 0 aliphatic heterocycles. The van der Waals surface area contributed by atoms with E-state index in [-0.39, 0.29) is 6.08 Å². The Morgan fingerprint density at radius 2 is 1.12 bits per heavy atom. The lowest BCUT2D eigenvalue weighted by Gasteiger charge is -2.42. The number of hydrogen-bond acceptors (Lipinski definition) is 3. The molecule has 0 radical (unpaired) electrons. The van der Waals surface area contributed by atoms with Crippen LogP contribution in [0.5, 0.6) is 0 Å². The van der Waals surface area contributed by atoms with E-state index in [0.717, 1.165) is 0 Å². The van der Waals surface area contributed by atoms with Gasteiger partial charge >= 0.3 is 53.9 Å². The van der Waals surface area contributed by atoms with E-state index in [4.69, 9.17) is 5.11 Å². The molecule has 19 heteroatoms. The van der Waals surface area contributed by atoms with Gasteiger partial charge in [0.15, 0.2) is 0 Å². The van der Waals surface area contributed by atoms with Gasteiger partial charge in [0.05, 0.1) is 0 Å². The molecule has 0 saturated heterocycles. The van der Waals surface area contributed by atoms with Crippen LogP contribution in [0.4, 0.5) is 70.2 Å². The first-order valence-corrected chi connectivity index (χ1v) is 7.73. The standard InChI is InChI=1S/C14H10F16O3/c1-2-5(31)33-6(32)3-4-8(17,18)10(21,22)12(25,26)14(29,30)13(27,28)11(23,24)9(19,20)7(15)16/h2,6-7,32H,1,3-4H2. The molecule has 33 heavy (non-hydrogen) atoms. The van der Waals surface area contributed by atoms with Gasteiger partial charge in [-0.15, -0.1) is 0 Å². The summed E-state index contributed by atoms with van der Waals surface area (Å²) in [6.45, 7) is 2.72. The maximum Gasteiger partial charge on any atom is 0.384 e. The summed E-state index contributed by atoms with van der Waals surface area (Å²) in [5, 5.41) is 8.94. The van der Waals surface area contributed by atoms with Crippen molar-refractivity contribution in [2.45, 2.75) is 67.0 Å². The number of halogens is 16. The van der Waals surface area contributed by atoms with Gasteiger partial charge in [-0.25, -0.2) is 13.6 Å². The zero-order chi connectivity index (χ0) is 27.1. The Hall–Kier alpha value is -1.95. The molecule has 0 saturated carbocycles. The molecule has 0 spiro atoms. The highest BCUT2D eigenvalue weighted by Crippen LogP contribution is 2.63. The van der Waals surface area contributed by atoms with Crippen LogP contribution in [-0.2, 0) is 9.53 Å². The van der Waals surface area contributed by atoms with E-state index in [9.17, 15) is 75.0 Å². The van der Waals surface area contributed by atoms with Crippen molar-refractivity contribution in [2.24, 2.45) is 0 Å². The number of esters is 1. The third-order valence-corrected chi connectivity index (χ3v) is 3.85. The minimum atomic E-state index is -8.48. The molecule has 0 aromatic carbocycles. The molecule has 0 aromatic heterocycles. The van der Waals surface area contributed by atoms with Gasteiger partial charge in [0.1, 0.15) is 0 Å². The van der Waals surface area contributed by atoms with Gasteiger partial charge in [0.2, 0.25) is 6.29 Å². The highest BCUT2D eigenvalue weighted by atomic mass is 19.4. The molecule has 1 unspecified atom stereocenters. The second-order valence-corrected chi connectivity index (χ2v) is 6.13. The fourth-order valence-corrected chi connectivity index (χ4v) is 1.87. The molecular weight excluding hydrogens is 520 g/mol. The van der Waals surface area contributed by atoms with E-state index in [1.54, 1.807) is 0 Å². The highest BCUT2D eigenvalue weighted by molar-refractivity contribution is 5.81. The van der Waals surface area contributed by atoms with Gasteiger partial charge in [0, 0.05) is 18.9 Å². The normalized spacial score (nSPS) is 16.1. The molecule has 196 valence electrons. The van der Waals surface area contributed by atoms with Crippen LogP contribution in [0.15, 0.2) is 12.7 Å². The Kier molecular flexibility index (Phi) is 8.48. The van der Waals surface area contributed by atoms with E-state index in [1.165, 1.54) is 0 Å². The summed E-state index contributed by atoms with van der Waals surface area (Å²) in [6, 6.07) is 0. The molecule has 0 heterocycles. The van der Waals surface area contributed by atoms with Crippen molar-refractivity contribution >= 4 is 5.97 Å². The monoisotopic (exact) mass is 530 g/mol. The predicted octanol–water partition coefficient (Wildman–Crippen LogP) is 5.53. The molecular formula is C14H10F16O3. The van der Waals surface area contributed by atoms with E-state index in [1.807, 2.05) is 0 Å². The molecule has 0 amide bonds. The second-order valence-electron chi connectivity index (χ2n) is 6.13. The van der Waals surface area contributed by atoms with Crippen LogP contribution in [-0.4, -0.2) is 65.2 Å². The third-order valence-electron chi connectivity index (χ3n) is 3.85. The van der Waals surface area contributed by atoms with Crippen molar-refractivity contribution in [3.05, 3.63) is 12.7 Å². The summed E-state index contributed by atoms with van der Waals surface area (Å²) in [5.74, 6) is -56.8. The maximum atomic E-state index is 13.5. The molecule has 0 rings (SSSR count). The van der Waals surface area contributed by atoms with Crippen molar-refractivity contribution in [3.63, 3.8) is 0 Å². The fourth-order valence-electron chi connectivity index (χ4n) is 1.87. The third kappa shape index (κ3) is 4.82. The number of alkyl halides is 16. The lowest BCUT2D eigenvalue weighted by molar-refractivity contribution is -0.447. The molecule has 0 aromatic rings. The predicted molar refractivity (Wildman–Crippen MR) is 72.2 cm³/mol. The molecule has 0 aliphatic rings. The fraction of sp³-hybridized carbons (Fsp3) is 0.786. The first-order valence-electron chi connectivity index (χ1n) is 7.73. The molecule has 3 nitrogen and oxygen atoms in total. The number of ether oxygens (including phenoxy) is 1. The summed E-state index contributed by atoms with van der Waals surface area (Å²) in [4.78, 5) is 10.6. The first-order chi connectivity index (χ1) is 14.3. The smallest absolute Gasteiger partial charge is 0.384 e. The number of carbonyl (C=O) groups is 1. The Labute approximate surface area is 172 Å². The van der Waals surface area contributed by atoms with Crippen LogP contribution < -0.4 is 0 Å². The van der Waals surface area contributed by atoms with Crippen LogP contribution in [0.1, 0.15) is 12.8 Å². The Balaban J connectivity index is 6.24. The average molecular weight is 530 g/mol. The minimum Gasteiger partial charge on any atom is -0.433 e. The Bertz CT molecular complexity index is 717. The first kappa shape index (κ1) is 31.0. The van der Waals surface area contributed by atoms with Crippen LogP contribution in [0.25, 0.3) is 0 Å².